The summed E-state index contributed by atoms with van der Waals surface area (Å²) in [6, 6.07) is 15.0. The number of piperidine rings is 3. The minimum Gasteiger partial charge on any atom is -0.497 e. The van der Waals surface area contributed by atoms with Crippen LogP contribution in [-0.2, 0) is 4.74 Å². The van der Waals surface area contributed by atoms with Crippen molar-refractivity contribution in [1.82, 2.24) is 9.88 Å². The molecule has 0 radical (unpaired) electrons. The van der Waals surface area contributed by atoms with Crippen LogP contribution in [0.25, 0.3) is 10.9 Å². The molecule has 0 spiro atoms. The third-order valence-electron chi connectivity index (χ3n) is 7.43. The lowest BCUT2D eigenvalue weighted by Gasteiger charge is -2.51. The van der Waals surface area contributed by atoms with Crippen LogP contribution in [0.3, 0.4) is 0 Å². The van der Waals surface area contributed by atoms with E-state index in [1.807, 2.05) is 36.4 Å². The van der Waals surface area contributed by atoms with Crippen molar-refractivity contribution in [3.63, 3.8) is 0 Å². The summed E-state index contributed by atoms with van der Waals surface area (Å²) in [5.74, 6) is 1.73. The number of esters is 1. The maximum absolute atomic E-state index is 13.3. The lowest BCUT2D eigenvalue weighted by molar-refractivity contribution is -0.0659. The van der Waals surface area contributed by atoms with Crippen molar-refractivity contribution in [2.75, 3.05) is 20.2 Å². The minimum absolute atomic E-state index is 0.120. The molecule has 4 unspecified atom stereocenters. The lowest BCUT2D eigenvalue weighted by atomic mass is 9.72. The van der Waals surface area contributed by atoms with E-state index in [0.717, 1.165) is 41.7 Å². The summed E-state index contributed by atoms with van der Waals surface area (Å²) >= 11 is 6.33. The molecule has 0 aliphatic carbocycles. The number of rotatable bonds is 6. The zero-order chi connectivity index (χ0) is 22.9. The number of fused-ring (bicyclic) bond motifs is 4. The van der Waals surface area contributed by atoms with Gasteiger partial charge in [-0.1, -0.05) is 37.1 Å². The van der Waals surface area contributed by atoms with Gasteiger partial charge in [0.1, 0.15) is 11.9 Å². The van der Waals surface area contributed by atoms with Gasteiger partial charge in [0, 0.05) is 23.7 Å². The second-order valence-electron chi connectivity index (χ2n) is 9.10. The van der Waals surface area contributed by atoms with Crippen molar-refractivity contribution in [1.29, 1.82) is 0 Å². The second-order valence-corrected chi connectivity index (χ2v) is 9.51. The number of halogens is 1. The molecule has 3 aromatic rings. The van der Waals surface area contributed by atoms with Crippen LogP contribution in [0.4, 0.5) is 0 Å². The van der Waals surface area contributed by atoms with Crippen molar-refractivity contribution >= 4 is 28.5 Å². The molecular weight excluding hydrogens is 436 g/mol. The lowest BCUT2D eigenvalue weighted by Crippen LogP contribution is -2.55. The molecule has 33 heavy (non-hydrogen) atoms. The number of ether oxygens (including phenoxy) is 2. The highest BCUT2D eigenvalue weighted by Crippen LogP contribution is 2.44. The molecule has 6 rings (SSSR count). The van der Waals surface area contributed by atoms with Crippen LogP contribution in [0, 0.1) is 11.8 Å². The molecule has 3 aliphatic heterocycles. The van der Waals surface area contributed by atoms with Crippen LogP contribution in [0.2, 0.25) is 5.02 Å². The van der Waals surface area contributed by atoms with Crippen molar-refractivity contribution in [2.45, 2.75) is 38.3 Å². The molecule has 4 heterocycles. The molecular formula is C27H29ClN2O3. The van der Waals surface area contributed by atoms with E-state index in [2.05, 4.69) is 16.8 Å². The van der Waals surface area contributed by atoms with Crippen molar-refractivity contribution in [3.05, 3.63) is 70.9 Å². The molecule has 2 aromatic carbocycles. The van der Waals surface area contributed by atoms with Gasteiger partial charge in [0.25, 0.3) is 0 Å². The molecule has 3 fully saturated rings. The number of carbonyl (C=O) groups excluding carboxylic acids is 1. The van der Waals surface area contributed by atoms with E-state index in [9.17, 15) is 4.79 Å². The second kappa shape index (κ2) is 9.32. The van der Waals surface area contributed by atoms with Crippen molar-refractivity contribution < 1.29 is 14.3 Å². The van der Waals surface area contributed by atoms with E-state index in [-0.39, 0.29) is 6.04 Å². The van der Waals surface area contributed by atoms with Gasteiger partial charge in [0.2, 0.25) is 0 Å². The zero-order valence-electron chi connectivity index (χ0n) is 19.0. The molecule has 0 N–H and O–H groups in total. The quantitative estimate of drug-likeness (QED) is 0.424. The van der Waals surface area contributed by atoms with E-state index < -0.39 is 12.1 Å². The summed E-state index contributed by atoms with van der Waals surface area (Å²) in [5, 5.41) is 1.35. The smallest absolute Gasteiger partial charge is 0.340 e. The maximum Gasteiger partial charge on any atom is 0.340 e. The number of hydrogen-bond donors (Lipinski definition) is 0. The van der Waals surface area contributed by atoms with E-state index in [1.54, 1.807) is 25.4 Å². The van der Waals surface area contributed by atoms with Gasteiger partial charge in [-0.15, -0.1) is 0 Å². The Balaban J connectivity index is 1.57. The normalized spacial score (nSPS) is 25.1. The van der Waals surface area contributed by atoms with Gasteiger partial charge >= 0.3 is 5.97 Å². The fourth-order valence-electron chi connectivity index (χ4n) is 5.63. The number of benzene rings is 2. The first-order valence-electron chi connectivity index (χ1n) is 11.7. The molecule has 5 nitrogen and oxygen atoms in total. The number of pyridine rings is 1. The predicted molar refractivity (Wildman–Crippen MR) is 130 cm³/mol. The van der Waals surface area contributed by atoms with E-state index in [1.165, 1.54) is 12.8 Å². The monoisotopic (exact) mass is 464 g/mol. The van der Waals surface area contributed by atoms with Crippen LogP contribution >= 0.6 is 11.6 Å². The summed E-state index contributed by atoms with van der Waals surface area (Å²) in [7, 11) is 1.66. The van der Waals surface area contributed by atoms with Gasteiger partial charge in [-0.05, 0) is 67.6 Å². The number of aromatic nitrogens is 1. The highest BCUT2D eigenvalue weighted by atomic mass is 35.5. The molecule has 6 heteroatoms. The zero-order valence-corrected chi connectivity index (χ0v) is 19.8. The molecule has 3 aliphatic rings. The molecule has 3 saturated heterocycles. The Bertz CT molecular complexity index is 1170. The highest BCUT2D eigenvalue weighted by molar-refractivity contribution is 6.33. The number of hydrogen-bond acceptors (Lipinski definition) is 5. The third kappa shape index (κ3) is 4.20. The number of carbonyl (C=O) groups is 1. The van der Waals surface area contributed by atoms with E-state index in [0.29, 0.717) is 22.4 Å². The van der Waals surface area contributed by atoms with Crippen LogP contribution in [0.5, 0.6) is 5.75 Å². The van der Waals surface area contributed by atoms with Gasteiger partial charge < -0.3 is 9.47 Å². The topological polar surface area (TPSA) is 51.7 Å². The first kappa shape index (κ1) is 22.2. The molecule has 0 amide bonds. The van der Waals surface area contributed by atoms with Gasteiger partial charge in [0.05, 0.1) is 29.3 Å². The molecule has 172 valence electrons. The highest BCUT2D eigenvalue weighted by Gasteiger charge is 2.44. The predicted octanol–water partition coefficient (Wildman–Crippen LogP) is 5.92. The third-order valence-corrected chi connectivity index (χ3v) is 7.76. The Kier molecular flexibility index (Phi) is 6.26. The Morgan fingerprint density at radius 3 is 2.82 bits per heavy atom. The Morgan fingerprint density at radius 2 is 2.09 bits per heavy atom. The Hall–Kier alpha value is -2.63. The summed E-state index contributed by atoms with van der Waals surface area (Å²) < 4.78 is 11.8. The van der Waals surface area contributed by atoms with Crippen LogP contribution in [0.1, 0.15) is 48.2 Å². The maximum atomic E-state index is 13.3. The van der Waals surface area contributed by atoms with Gasteiger partial charge in [-0.3, -0.25) is 9.88 Å². The summed E-state index contributed by atoms with van der Waals surface area (Å²) in [5.41, 5.74) is 2.21. The first-order valence-corrected chi connectivity index (χ1v) is 12.1. The van der Waals surface area contributed by atoms with Crippen LogP contribution in [-0.4, -0.2) is 42.1 Å². The summed E-state index contributed by atoms with van der Waals surface area (Å²) in [6.07, 6.45) is 4.80. The van der Waals surface area contributed by atoms with Gasteiger partial charge in [-0.25, -0.2) is 4.79 Å². The van der Waals surface area contributed by atoms with Crippen molar-refractivity contribution in [3.8, 4) is 5.75 Å². The SMILES string of the molecule is CCC1CN2CCC1C[C@@H]2C(OC(=O)c1ccccc1Cl)c1ccnc2ccc(OC)cc12. The minimum atomic E-state index is -0.424. The van der Waals surface area contributed by atoms with Crippen LogP contribution in [0.15, 0.2) is 54.7 Å². The van der Waals surface area contributed by atoms with Gasteiger partial charge in [-0.2, -0.15) is 0 Å². The van der Waals surface area contributed by atoms with E-state index >= 15 is 0 Å². The van der Waals surface area contributed by atoms with Crippen LogP contribution < -0.4 is 4.74 Å². The summed E-state index contributed by atoms with van der Waals surface area (Å²) in [6.45, 7) is 4.37. The fourth-order valence-corrected chi connectivity index (χ4v) is 5.85. The average Bonchev–Trinajstić information content (AvgIpc) is 2.87. The Labute approximate surface area is 199 Å². The first-order chi connectivity index (χ1) is 16.1. The summed E-state index contributed by atoms with van der Waals surface area (Å²) in [4.78, 5) is 20.4. The number of methoxy groups -OCH3 is 1. The molecule has 1 aromatic heterocycles. The standard InChI is InChI=1S/C27H29ClN2O3/c1-3-17-16-30-13-11-18(17)14-25(30)26(33-27(31)21-6-4-5-7-23(21)28)20-10-12-29-24-9-8-19(32-2)15-22(20)24/h4-10,12,15,17-18,25-26H,3,11,13-14,16H2,1-2H3/t17?,18?,25-,26?/m1/s1. The van der Waals surface area contributed by atoms with E-state index in [4.69, 9.17) is 21.1 Å². The molecule has 5 atom stereocenters. The largest absolute Gasteiger partial charge is 0.497 e. The fraction of sp³-hybridized carbons (Fsp3) is 0.407. The van der Waals surface area contributed by atoms with Crippen molar-refractivity contribution in [2.24, 2.45) is 11.8 Å². The Morgan fingerprint density at radius 1 is 1.24 bits per heavy atom. The number of nitrogens with zero attached hydrogens (tertiary/aromatic N) is 2. The molecule has 0 saturated carbocycles. The average molecular weight is 465 g/mol. The van der Waals surface area contributed by atoms with Gasteiger partial charge in [0.15, 0.2) is 0 Å². The molecule has 2 bridgehead atoms.